The van der Waals surface area contributed by atoms with Gasteiger partial charge in [-0.15, -0.1) is 0 Å². The lowest BCUT2D eigenvalue weighted by Gasteiger charge is -2.32. The lowest BCUT2D eigenvalue weighted by Crippen LogP contribution is -2.45. The van der Waals surface area contributed by atoms with Crippen LogP contribution in [0.2, 0.25) is 0 Å². The predicted octanol–water partition coefficient (Wildman–Crippen LogP) is 2.99. The largest absolute Gasteiger partial charge is 0.436 e. The van der Waals surface area contributed by atoms with Crippen molar-refractivity contribution in [3.05, 3.63) is 54.7 Å². The van der Waals surface area contributed by atoms with Crippen molar-refractivity contribution >= 4 is 15.7 Å². The number of anilines is 1. The zero-order valence-electron chi connectivity index (χ0n) is 20.1. The number of piperazine rings is 1. The van der Waals surface area contributed by atoms with Crippen molar-refractivity contribution < 1.29 is 12.8 Å². The number of likely N-dealkylation sites (N-methyl/N-ethyl adjacent to an activating group) is 1. The highest BCUT2D eigenvalue weighted by atomic mass is 32.2. The smallest absolute Gasteiger partial charge is 0.240 e. The third kappa shape index (κ3) is 6.04. The number of nitrogens with one attached hydrogen (secondary N) is 1. The van der Waals surface area contributed by atoms with Gasteiger partial charge in [0.15, 0.2) is 5.76 Å². The van der Waals surface area contributed by atoms with Gasteiger partial charge in [0.1, 0.15) is 0 Å². The molecule has 0 bridgehead atoms. The summed E-state index contributed by atoms with van der Waals surface area (Å²) in [5.41, 5.74) is 2.77. The molecule has 0 atom stereocenters. The van der Waals surface area contributed by atoms with E-state index in [1.807, 2.05) is 43.3 Å². The molecule has 0 saturated carbocycles. The summed E-state index contributed by atoms with van der Waals surface area (Å²) in [6.45, 7) is 5.52. The van der Waals surface area contributed by atoms with Crippen molar-refractivity contribution in [2.45, 2.75) is 11.3 Å². The molecule has 1 aliphatic rings. The maximum atomic E-state index is 12.7. The number of nitrogens with zero attached hydrogens (tertiary/aromatic N) is 4. The molecule has 0 unspecified atom stereocenters. The molecule has 0 amide bonds. The summed E-state index contributed by atoms with van der Waals surface area (Å²) in [7, 11) is 2.57. The predicted molar refractivity (Wildman–Crippen MR) is 135 cm³/mol. The van der Waals surface area contributed by atoms with Crippen LogP contribution < -0.4 is 9.62 Å². The van der Waals surface area contributed by atoms with Gasteiger partial charge in [-0.05, 0) is 68.5 Å². The Morgan fingerprint density at radius 2 is 1.62 bits per heavy atom. The fourth-order valence-electron chi connectivity index (χ4n) is 3.91. The van der Waals surface area contributed by atoms with Gasteiger partial charge in [-0.1, -0.05) is 0 Å². The molecule has 34 heavy (non-hydrogen) atoms. The van der Waals surface area contributed by atoms with E-state index < -0.39 is 10.0 Å². The van der Waals surface area contributed by atoms with Crippen LogP contribution in [-0.2, 0) is 10.0 Å². The monoisotopic (exact) mass is 483 g/mol. The third-order valence-corrected chi connectivity index (χ3v) is 7.60. The summed E-state index contributed by atoms with van der Waals surface area (Å²) in [4.78, 5) is 11.3. The van der Waals surface area contributed by atoms with Crippen LogP contribution >= 0.6 is 0 Å². The highest BCUT2D eigenvalue weighted by Gasteiger charge is 2.16. The molecular weight excluding hydrogens is 450 g/mol. The van der Waals surface area contributed by atoms with Gasteiger partial charge in [0.25, 0.3) is 0 Å². The standard InChI is InChI=1S/C25H33N5O3S/c1-28(2)22-9-5-20(6-10-22)24-19-26-25(33-24)21-7-11-23(12-8-21)34(31,32)27-13-4-14-30-17-15-29(3)16-18-30/h5-12,19,27H,4,13-18H2,1-3H3. The average molecular weight is 484 g/mol. The van der Waals surface area contributed by atoms with Crippen molar-refractivity contribution in [1.29, 1.82) is 0 Å². The topological polar surface area (TPSA) is 81.9 Å². The fraction of sp³-hybridized carbons (Fsp3) is 0.400. The molecule has 8 nitrogen and oxygen atoms in total. The number of oxazole rings is 1. The van der Waals surface area contributed by atoms with E-state index in [0.29, 0.717) is 18.2 Å². The molecule has 4 rings (SSSR count). The van der Waals surface area contributed by atoms with Gasteiger partial charge < -0.3 is 19.1 Å². The van der Waals surface area contributed by atoms with Crippen LogP contribution in [0.3, 0.4) is 0 Å². The Morgan fingerprint density at radius 3 is 2.26 bits per heavy atom. The highest BCUT2D eigenvalue weighted by Crippen LogP contribution is 2.28. The molecule has 2 aromatic carbocycles. The first-order chi connectivity index (χ1) is 16.3. The van der Waals surface area contributed by atoms with Gasteiger partial charge >= 0.3 is 0 Å². The van der Waals surface area contributed by atoms with Crippen LogP contribution in [0.1, 0.15) is 6.42 Å². The molecule has 1 fully saturated rings. The number of hydrogen-bond acceptors (Lipinski definition) is 7. The van der Waals surface area contributed by atoms with Gasteiger partial charge in [0.2, 0.25) is 15.9 Å². The molecule has 1 N–H and O–H groups in total. The molecule has 1 aliphatic heterocycles. The van der Waals surface area contributed by atoms with Gasteiger partial charge in [0, 0.05) is 63.6 Å². The van der Waals surface area contributed by atoms with Crippen molar-refractivity contribution in [2.24, 2.45) is 0 Å². The molecule has 1 saturated heterocycles. The minimum atomic E-state index is -3.55. The molecule has 3 aromatic rings. The van der Waals surface area contributed by atoms with Gasteiger partial charge in [-0.3, -0.25) is 0 Å². The Kier molecular flexibility index (Phi) is 7.67. The average Bonchev–Trinajstić information content (AvgIpc) is 3.33. The quantitative estimate of drug-likeness (QED) is 0.469. The molecule has 0 aliphatic carbocycles. The lowest BCUT2D eigenvalue weighted by molar-refractivity contribution is 0.153. The van der Waals surface area contributed by atoms with Crippen molar-refractivity contribution in [2.75, 3.05) is 65.3 Å². The van der Waals surface area contributed by atoms with E-state index in [9.17, 15) is 8.42 Å². The maximum absolute atomic E-state index is 12.7. The van der Waals surface area contributed by atoms with Crippen molar-refractivity contribution in [1.82, 2.24) is 19.5 Å². The van der Waals surface area contributed by atoms with Crippen LogP contribution in [0.15, 0.2) is 64.0 Å². The number of hydrogen-bond donors (Lipinski definition) is 1. The molecular formula is C25H33N5O3S. The van der Waals surface area contributed by atoms with E-state index in [-0.39, 0.29) is 4.90 Å². The van der Waals surface area contributed by atoms with Crippen molar-refractivity contribution in [3.63, 3.8) is 0 Å². The first kappa shape index (κ1) is 24.4. The zero-order valence-corrected chi connectivity index (χ0v) is 20.9. The van der Waals surface area contributed by atoms with Crippen LogP contribution in [0.5, 0.6) is 0 Å². The number of aromatic nitrogens is 1. The van der Waals surface area contributed by atoms with Gasteiger partial charge in [-0.25, -0.2) is 18.1 Å². The Labute approximate surface area is 202 Å². The van der Waals surface area contributed by atoms with Gasteiger partial charge in [0.05, 0.1) is 11.1 Å². The Bertz CT molecular complexity index is 1170. The second-order valence-electron chi connectivity index (χ2n) is 8.89. The lowest BCUT2D eigenvalue weighted by atomic mass is 10.1. The van der Waals surface area contributed by atoms with Crippen LogP contribution in [-0.4, -0.2) is 83.6 Å². The second-order valence-corrected chi connectivity index (χ2v) is 10.7. The number of sulfonamides is 1. The van der Waals surface area contributed by atoms with Crippen molar-refractivity contribution in [3.8, 4) is 22.8 Å². The Hall–Kier alpha value is -2.72. The summed E-state index contributed by atoms with van der Waals surface area (Å²) in [5.74, 6) is 1.12. The summed E-state index contributed by atoms with van der Waals surface area (Å²) in [5, 5.41) is 0. The molecule has 0 radical (unpaired) electrons. The molecule has 1 aromatic heterocycles. The normalized spacial score (nSPS) is 15.5. The van der Waals surface area contributed by atoms with E-state index in [1.165, 1.54) is 0 Å². The van der Waals surface area contributed by atoms with Gasteiger partial charge in [-0.2, -0.15) is 0 Å². The van der Waals surface area contributed by atoms with E-state index >= 15 is 0 Å². The molecule has 9 heteroatoms. The molecule has 182 valence electrons. The Morgan fingerprint density at radius 1 is 0.971 bits per heavy atom. The first-order valence-electron chi connectivity index (χ1n) is 11.6. The fourth-order valence-corrected chi connectivity index (χ4v) is 4.98. The summed E-state index contributed by atoms with van der Waals surface area (Å²) < 4.78 is 34.0. The van der Waals surface area contributed by atoms with E-state index in [4.69, 9.17) is 4.42 Å². The number of rotatable bonds is 9. The zero-order chi connectivity index (χ0) is 24.1. The molecule has 0 spiro atoms. The highest BCUT2D eigenvalue weighted by molar-refractivity contribution is 7.89. The Balaban J connectivity index is 1.33. The summed E-state index contributed by atoms with van der Waals surface area (Å²) in [6.07, 6.45) is 2.47. The summed E-state index contributed by atoms with van der Waals surface area (Å²) in [6, 6.07) is 14.7. The van der Waals surface area contributed by atoms with Crippen LogP contribution in [0, 0.1) is 0 Å². The second kappa shape index (κ2) is 10.7. The SMILES string of the molecule is CN1CCN(CCCNS(=O)(=O)c2ccc(-c3ncc(-c4ccc(N(C)C)cc4)o3)cc2)CC1. The first-order valence-corrected chi connectivity index (χ1v) is 13.0. The molecule has 2 heterocycles. The third-order valence-electron chi connectivity index (χ3n) is 6.12. The minimum absolute atomic E-state index is 0.238. The number of benzene rings is 2. The van der Waals surface area contributed by atoms with E-state index in [0.717, 1.165) is 56.0 Å². The van der Waals surface area contributed by atoms with E-state index in [2.05, 4.69) is 26.6 Å². The van der Waals surface area contributed by atoms with E-state index in [1.54, 1.807) is 30.5 Å². The van der Waals surface area contributed by atoms with Crippen LogP contribution in [0.4, 0.5) is 5.69 Å². The maximum Gasteiger partial charge on any atom is 0.240 e. The minimum Gasteiger partial charge on any atom is -0.436 e. The van der Waals surface area contributed by atoms with Crippen LogP contribution in [0.25, 0.3) is 22.8 Å². The summed E-state index contributed by atoms with van der Waals surface area (Å²) >= 11 is 0.